The number of ether oxygens (including phenoxy) is 2. The molecule has 8 nitrogen and oxygen atoms in total. The molecule has 29 heavy (non-hydrogen) atoms. The highest BCUT2D eigenvalue weighted by molar-refractivity contribution is 6.04. The molecular formula is C21H18N4O4. The average Bonchev–Trinajstić information content (AvgIpc) is 3.10. The molecule has 0 saturated heterocycles. The van der Waals surface area contributed by atoms with E-state index in [4.69, 9.17) is 9.47 Å². The number of methoxy groups -OCH3 is 1. The summed E-state index contributed by atoms with van der Waals surface area (Å²) in [6.45, 7) is 4.01. The Balaban J connectivity index is 1.73. The van der Waals surface area contributed by atoms with Crippen molar-refractivity contribution in [2.75, 3.05) is 13.7 Å². The molecule has 0 amide bonds. The van der Waals surface area contributed by atoms with E-state index in [2.05, 4.69) is 21.6 Å². The van der Waals surface area contributed by atoms with Crippen molar-refractivity contribution in [3.05, 3.63) is 81.5 Å². The number of hydrogen-bond donors (Lipinski definition) is 2. The minimum Gasteiger partial charge on any atom is -0.497 e. The summed E-state index contributed by atoms with van der Waals surface area (Å²) in [5.74, 6) is 1.33. The number of hydrogen-bond acceptors (Lipinski definition) is 5. The first-order chi connectivity index (χ1) is 14.1. The van der Waals surface area contributed by atoms with Gasteiger partial charge in [0.15, 0.2) is 0 Å². The van der Waals surface area contributed by atoms with E-state index in [0.29, 0.717) is 34.7 Å². The third-order valence-electron chi connectivity index (χ3n) is 4.41. The molecule has 2 aromatic heterocycles. The smallest absolute Gasteiger partial charge is 0.350 e. The highest BCUT2D eigenvalue weighted by Crippen LogP contribution is 2.24. The highest BCUT2D eigenvalue weighted by Gasteiger charge is 2.13. The van der Waals surface area contributed by atoms with E-state index in [1.807, 2.05) is 0 Å². The third-order valence-corrected chi connectivity index (χ3v) is 4.41. The normalized spacial score (nSPS) is 11.3. The van der Waals surface area contributed by atoms with E-state index in [1.165, 1.54) is 6.21 Å². The Bertz CT molecular complexity index is 1340. The van der Waals surface area contributed by atoms with Gasteiger partial charge in [-0.3, -0.25) is 4.79 Å². The molecule has 0 atom stereocenters. The van der Waals surface area contributed by atoms with Crippen LogP contribution in [0.1, 0.15) is 5.56 Å². The summed E-state index contributed by atoms with van der Waals surface area (Å²) in [6.07, 6.45) is 3.09. The van der Waals surface area contributed by atoms with Crippen LogP contribution in [0.5, 0.6) is 11.5 Å². The highest BCUT2D eigenvalue weighted by atomic mass is 16.5. The molecule has 4 aromatic rings. The minimum atomic E-state index is -0.624. The lowest BCUT2D eigenvalue weighted by molar-refractivity contribution is 0.363. The SMILES string of the molecule is C=CCOc1ccc(/C=N\n2c(=O)[nH]c3c([nH]c4cc(OC)ccc43)c2=O)cc1. The number of fused-ring (bicyclic) bond motifs is 3. The van der Waals surface area contributed by atoms with Gasteiger partial charge in [-0.15, -0.1) is 4.68 Å². The predicted octanol–water partition coefficient (Wildman–Crippen LogP) is 2.63. The van der Waals surface area contributed by atoms with E-state index in [1.54, 1.807) is 55.7 Å². The summed E-state index contributed by atoms with van der Waals surface area (Å²) in [5, 5.41) is 4.78. The van der Waals surface area contributed by atoms with Crippen molar-refractivity contribution >= 4 is 28.2 Å². The van der Waals surface area contributed by atoms with Gasteiger partial charge in [0.05, 0.1) is 24.4 Å². The fourth-order valence-corrected chi connectivity index (χ4v) is 2.99. The van der Waals surface area contributed by atoms with Crippen LogP contribution in [0.25, 0.3) is 21.9 Å². The molecule has 2 heterocycles. The van der Waals surface area contributed by atoms with Gasteiger partial charge < -0.3 is 19.4 Å². The van der Waals surface area contributed by atoms with Gasteiger partial charge in [-0.25, -0.2) is 4.79 Å². The molecular weight excluding hydrogens is 372 g/mol. The fourth-order valence-electron chi connectivity index (χ4n) is 2.99. The topological polar surface area (TPSA) is 101 Å². The Morgan fingerprint density at radius 3 is 2.55 bits per heavy atom. The van der Waals surface area contributed by atoms with Crippen LogP contribution in [-0.4, -0.2) is 34.6 Å². The van der Waals surface area contributed by atoms with Gasteiger partial charge in [-0.2, -0.15) is 5.10 Å². The van der Waals surface area contributed by atoms with E-state index >= 15 is 0 Å². The molecule has 2 N–H and O–H groups in total. The third kappa shape index (κ3) is 3.43. The predicted molar refractivity (Wildman–Crippen MR) is 112 cm³/mol. The molecule has 0 unspecified atom stereocenters. The number of rotatable bonds is 6. The molecule has 0 bridgehead atoms. The summed E-state index contributed by atoms with van der Waals surface area (Å²) < 4.78 is 11.4. The number of nitrogens with one attached hydrogen (secondary N) is 2. The summed E-state index contributed by atoms with van der Waals surface area (Å²) >= 11 is 0. The molecule has 0 radical (unpaired) electrons. The maximum atomic E-state index is 12.8. The summed E-state index contributed by atoms with van der Waals surface area (Å²) in [6, 6.07) is 12.4. The monoisotopic (exact) mass is 390 g/mol. The number of nitrogens with zero attached hydrogens (tertiary/aromatic N) is 2. The van der Waals surface area contributed by atoms with Gasteiger partial charge in [0, 0.05) is 11.5 Å². The first-order valence-electron chi connectivity index (χ1n) is 8.83. The van der Waals surface area contributed by atoms with Gasteiger partial charge in [0.1, 0.15) is 23.6 Å². The molecule has 0 aliphatic rings. The van der Waals surface area contributed by atoms with Crippen LogP contribution in [0.2, 0.25) is 0 Å². The average molecular weight is 390 g/mol. The zero-order chi connectivity index (χ0) is 20.4. The van der Waals surface area contributed by atoms with Crippen molar-refractivity contribution in [2.45, 2.75) is 0 Å². The molecule has 0 fully saturated rings. The van der Waals surface area contributed by atoms with Crippen LogP contribution >= 0.6 is 0 Å². The van der Waals surface area contributed by atoms with E-state index in [0.717, 1.165) is 10.1 Å². The quantitative estimate of drug-likeness (QED) is 0.390. The van der Waals surface area contributed by atoms with Crippen molar-refractivity contribution in [1.82, 2.24) is 14.6 Å². The van der Waals surface area contributed by atoms with Gasteiger partial charge in [-0.05, 0) is 42.0 Å². The van der Waals surface area contributed by atoms with Crippen LogP contribution < -0.4 is 20.7 Å². The molecule has 146 valence electrons. The van der Waals surface area contributed by atoms with Crippen molar-refractivity contribution in [3.63, 3.8) is 0 Å². The van der Waals surface area contributed by atoms with Crippen molar-refractivity contribution in [2.24, 2.45) is 5.10 Å². The van der Waals surface area contributed by atoms with Gasteiger partial charge in [0.2, 0.25) is 0 Å². The van der Waals surface area contributed by atoms with E-state index < -0.39 is 11.2 Å². The zero-order valence-electron chi connectivity index (χ0n) is 15.6. The van der Waals surface area contributed by atoms with Crippen molar-refractivity contribution in [3.8, 4) is 11.5 Å². The number of aromatic nitrogens is 3. The first-order valence-corrected chi connectivity index (χ1v) is 8.83. The maximum absolute atomic E-state index is 12.8. The Kier molecular flexibility index (Phi) is 4.74. The van der Waals surface area contributed by atoms with Crippen LogP contribution in [-0.2, 0) is 0 Å². The first kappa shape index (κ1) is 18.3. The Labute approximate surface area is 164 Å². The number of benzene rings is 2. The zero-order valence-corrected chi connectivity index (χ0v) is 15.6. The Morgan fingerprint density at radius 2 is 1.83 bits per heavy atom. The summed E-state index contributed by atoms with van der Waals surface area (Å²) in [5.41, 5.74) is 0.932. The lowest BCUT2D eigenvalue weighted by Gasteiger charge is -2.02. The van der Waals surface area contributed by atoms with Crippen LogP contribution in [0.15, 0.2) is 69.8 Å². The van der Waals surface area contributed by atoms with E-state index in [9.17, 15) is 9.59 Å². The second-order valence-electron chi connectivity index (χ2n) is 6.25. The molecule has 8 heteroatoms. The lowest BCUT2D eigenvalue weighted by Crippen LogP contribution is -2.32. The molecule has 2 aromatic carbocycles. The van der Waals surface area contributed by atoms with Gasteiger partial charge >= 0.3 is 11.2 Å². The standard InChI is InChI=1S/C21H18N4O4/c1-3-10-29-14-6-4-13(5-7-14)12-22-25-20(26)19-18(24-21(25)27)16-9-8-15(28-2)11-17(16)23-19/h3-9,11-12,23H,1,10H2,2H3,(H,24,27)/b22-12-. The summed E-state index contributed by atoms with van der Waals surface area (Å²) in [7, 11) is 1.56. The molecule has 4 rings (SSSR count). The molecule has 0 aliphatic carbocycles. The summed E-state index contributed by atoms with van der Waals surface area (Å²) in [4.78, 5) is 31.0. The largest absolute Gasteiger partial charge is 0.497 e. The molecule has 0 saturated carbocycles. The molecule has 0 aliphatic heterocycles. The van der Waals surface area contributed by atoms with Crippen molar-refractivity contribution in [1.29, 1.82) is 0 Å². The lowest BCUT2D eigenvalue weighted by atomic mass is 10.2. The molecule has 0 spiro atoms. The Hall–Kier alpha value is -4.07. The van der Waals surface area contributed by atoms with E-state index in [-0.39, 0.29) is 5.52 Å². The second kappa shape index (κ2) is 7.51. The fraction of sp³-hybridized carbons (Fsp3) is 0.0952. The maximum Gasteiger partial charge on any atom is 0.350 e. The second-order valence-corrected chi connectivity index (χ2v) is 6.25. The van der Waals surface area contributed by atoms with Crippen LogP contribution in [0.4, 0.5) is 0 Å². The van der Waals surface area contributed by atoms with Gasteiger partial charge in [0.25, 0.3) is 0 Å². The van der Waals surface area contributed by atoms with Crippen LogP contribution in [0.3, 0.4) is 0 Å². The number of H-pyrrole nitrogens is 2. The van der Waals surface area contributed by atoms with Gasteiger partial charge in [-0.1, -0.05) is 12.7 Å². The Morgan fingerprint density at radius 1 is 1.07 bits per heavy atom. The minimum absolute atomic E-state index is 0.262. The number of aromatic amines is 2. The van der Waals surface area contributed by atoms with Crippen molar-refractivity contribution < 1.29 is 9.47 Å². The van der Waals surface area contributed by atoms with Crippen LogP contribution in [0, 0.1) is 0 Å².